The summed E-state index contributed by atoms with van der Waals surface area (Å²) in [6.07, 6.45) is 3.01. The second-order valence-corrected chi connectivity index (χ2v) is 7.97. The highest BCUT2D eigenvalue weighted by atomic mass is 32.2. The maximum atomic E-state index is 12.6. The molecule has 0 radical (unpaired) electrons. The maximum Gasteiger partial charge on any atom is 0.248 e. The van der Waals surface area contributed by atoms with Crippen molar-refractivity contribution in [2.45, 2.75) is 17.9 Å². The number of rotatable bonds is 6. The second-order valence-electron chi connectivity index (χ2n) is 5.26. The number of sulfonamides is 1. The molecule has 0 aliphatic carbocycles. The largest absolute Gasteiger partial charge is 0.323 e. The van der Waals surface area contributed by atoms with Gasteiger partial charge in [-0.2, -0.15) is 0 Å². The topological polar surface area (TPSA) is 66.5 Å². The van der Waals surface area contributed by atoms with Gasteiger partial charge in [0.15, 0.2) is 0 Å². The van der Waals surface area contributed by atoms with Crippen molar-refractivity contribution in [2.24, 2.45) is 0 Å². The van der Waals surface area contributed by atoms with E-state index in [1.807, 2.05) is 24.5 Å². The van der Waals surface area contributed by atoms with Gasteiger partial charge < -0.3 is 5.32 Å². The lowest BCUT2D eigenvalue weighted by molar-refractivity contribution is -0.116. The summed E-state index contributed by atoms with van der Waals surface area (Å²) in [7, 11) is -3.60. The van der Waals surface area contributed by atoms with Crippen molar-refractivity contribution in [3.8, 4) is 0 Å². The Kier molecular flexibility index (Phi) is 5.90. The molecule has 0 saturated carbocycles. The Bertz CT molecular complexity index is 808. The molecule has 7 heteroatoms. The molecule has 1 atom stereocenters. The number of carbonyl (C=O) groups is 1. The summed E-state index contributed by atoms with van der Waals surface area (Å²) in [5.74, 6) is -0.384. The van der Waals surface area contributed by atoms with Gasteiger partial charge in [0.05, 0.1) is 17.6 Å². The minimum atomic E-state index is -3.60. The zero-order chi connectivity index (χ0) is 17.7. The standard InChI is InChI=1S/C17H20N2O3S2/c1-13(17(20)18-15-11-7-8-12-16(15)23-2)19(24(3,21)22)14-9-5-4-6-10-14/h4-13H,1-3H3,(H,18,20)/t13-/m1/s1. The molecule has 0 bridgehead atoms. The fourth-order valence-corrected chi connectivity index (χ4v) is 4.10. The van der Waals surface area contributed by atoms with E-state index >= 15 is 0 Å². The lowest BCUT2D eigenvalue weighted by Gasteiger charge is -2.28. The average molecular weight is 364 g/mol. The number of para-hydroxylation sites is 2. The number of thioether (sulfide) groups is 1. The number of hydrogen-bond donors (Lipinski definition) is 1. The van der Waals surface area contributed by atoms with Crippen molar-refractivity contribution in [3.63, 3.8) is 0 Å². The lowest BCUT2D eigenvalue weighted by atomic mass is 10.2. The van der Waals surface area contributed by atoms with Crippen molar-refractivity contribution in [1.29, 1.82) is 0 Å². The van der Waals surface area contributed by atoms with Gasteiger partial charge in [-0.25, -0.2) is 8.42 Å². The van der Waals surface area contributed by atoms with Crippen LogP contribution in [0.3, 0.4) is 0 Å². The Balaban J connectivity index is 2.30. The minimum absolute atomic E-state index is 0.384. The Morgan fingerprint density at radius 1 is 1.08 bits per heavy atom. The molecule has 2 rings (SSSR count). The monoisotopic (exact) mass is 364 g/mol. The molecule has 0 unspecified atom stereocenters. The molecule has 0 heterocycles. The van der Waals surface area contributed by atoms with Crippen molar-refractivity contribution in [3.05, 3.63) is 54.6 Å². The Morgan fingerprint density at radius 2 is 1.67 bits per heavy atom. The third kappa shape index (κ3) is 4.30. The van der Waals surface area contributed by atoms with Crippen LogP contribution in [0.15, 0.2) is 59.5 Å². The van der Waals surface area contributed by atoms with Crippen LogP contribution in [-0.4, -0.2) is 32.9 Å². The van der Waals surface area contributed by atoms with Gasteiger partial charge in [-0.3, -0.25) is 9.10 Å². The molecule has 0 saturated heterocycles. The van der Waals surface area contributed by atoms with Crippen molar-refractivity contribution < 1.29 is 13.2 Å². The normalized spacial score (nSPS) is 12.5. The molecular formula is C17H20N2O3S2. The van der Waals surface area contributed by atoms with Gasteiger partial charge >= 0.3 is 0 Å². The molecule has 0 spiro atoms. The fourth-order valence-electron chi connectivity index (χ4n) is 2.37. The van der Waals surface area contributed by atoms with Crippen LogP contribution in [0.2, 0.25) is 0 Å². The molecule has 2 aromatic carbocycles. The van der Waals surface area contributed by atoms with Gasteiger partial charge in [-0.15, -0.1) is 11.8 Å². The molecule has 0 fully saturated rings. The van der Waals surface area contributed by atoms with Crippen LogP contribution in [0.1, 0.15) is 6.92 Å². The lowest BCUT2D eigenvalue weighted by Crippen LogP contribution is -2.45. The summed E-state index contributed by atoms with van der Waals surface area (Å²) in [4.78, 5) is 13.5. The molecule has 128 valence electrons. The highest BCUT2D eigenvalue weighted by Gasteiger charge is 2.29. The second kappa shape index (κ2) is 7.72. The van der Waals surface area contributed by atoms with Gasteiger partial charge in [-0.05, 0) is 37.4 Å². The van der Waals surface area contributed by atoms with E-state index in [1.165, 1.54) is 11.8 Å². The number of anilines is 2. The zero-order valence-electron chi connectivity index (χ0n) is 13.8. The number of benzene rings is 2. The summed E-state index contributed by atoms with van der Waals surface area (Å²) < 4.78 is 25.5. The van der Waals surface area contributed by atoms with Crippen LogP contribution < -0.4 is 9.62 Å². The number of hydrogen-bond acceptors (Lipinski definition) is 4. The Morgan fingerprint density at radius 3 is 2.25 bits per heavy atom. The highest BCUT2D eigenvalue weighted by Crippen LogP contribution is 2.26. The number of carbonyl (C=O) groups excluding carboxylic acids is 1. The molecule has 1 N–H and O–H groups in total. The SMILES string of the molecule is CSc1ccccc1NC(=O)[C@@H](C)N(c1ccccc1)S(C)(=O)=O. The molecular weight excluding hydrogens is 344 g/mol. The van der Waals surface area contributed by atoms with Gasteiger partial charge in [0, 0.05) is 4.90 Å². The first-order valence-corrected chi connectivity index (χ1v) is 10.4. The zero-order valence-corrected chi connectivity index (χ0v) is 15.4. The molecule has 2 aromatic rings. The van der Waals surface area contributed by atoms with Gasteiger partial charge in [0.2, 0.25) is 15.9 Å². The van der Waals surface area contributed by atoms with Crippen molar-refractivity contribution in [2.75, 3.05) is 22.1 Å². The first-order valence-electron chi connectivity index (χ1n) is 7.33. The first-order chi connectivity index (χ1) is 11.3. The molecule has 24 heavy (non-hydrogen) atoms. The van der Waals surface area contributed by atoms with Crippen LogP contribution in [-0.2, 0) is 14.8 Å². The van der Waals surface area contributed by atoms with Crippen LogP contribution in [0.25, 0.3) is 0 Å². The van der Waals surface area contributed by atoms with Crippen LogP contribution in [0.4, 0.5) is 11.4 Å². The summed E-state index contributed by atoms with van der Waals surface area (Å²) in [6, 6.07) is 15.1. The van der Waals surface area contributed by atoms with Crippen LogP contribution >= 0.6 is 11.8 Å². The third-order valence-corrected chi connectivity index (χ3v) is 5.50. The third-order valence-electron chi connectivity index (χ3n) is 3.46. The maximum absolute atomic E-state index is 12.6. The fraction of sp³-hybridized carbons (Fsp3) is 0.235. The van der Waals surface area contributed by atoms with Gasteiger partial charge in [0.25, 0.3) is 0 Å². The quantitative estimate of drug-likeness (QED) is 0.800. The van der Waals surface area contributed by atoms with Crippen molar-refractivity contribution >= 4 is 39.1 Å². The van der Waals surface area contributed by atoms with E-state index in [1.54, 1.807) is 43.3 Å². The van der Waals surface area contributed by atoms with E-state index in [0.717, 1.165) is 15.5 Å². The van der Waals surface area contributed by atoms with E-state index in [4.69, 9.17) is 0 Å². The molecule has 0 aromatic heterocycles. The number of nitrogens with one attached hydrogen (secondary N) is 1. The van der Waals surface area contributed by atoms with E-state index in [9.17, 15) is 13.2 Å². The summed E-state index contributed by atoms with van der Waals surface area (Å²) in [6.45, 7) is 1.57. The first kappa shape index (κ1) is 18.4. The van der Waals surface area contributed by atoms with E-state index in [0.29, 0.717) is 11.4 Å². The van der Waals surface area contributed by atoms with Crippen molar-refractivity contribution in [1.82, 2.24) is 0 Å². The highest BCUT2D eigenvalue weighted by molar-refractivity contribution is 7.98. The predicted molar refractivity (Wildman–Crippen MR) is 100 cm³/mol. The van der Waals surface area contributed by atoms with E-state index in [-0.39, 0.29) is 5.91 Å². The van der Waals surface area contributed by atoms with Gasteiger partial charge in [0.1, 0.15) is 6.04 Å². The van der Waals surface area contributed by atoms with E-state index in [2.05, 4.69) is 5.32 Å². The van der Waals surface area contributed by atoms with Crippen LogP contribution in [0.5, 0.6) is 0 Å². The summed E-state index contributed by atoms with van der Waals surface area (Å²) >= 11 is 1.51. The van der Waals surface area contributed by atoms with Gasteiger partial charge in [-0.1, -0.05) is 30.3 Å². The Labute approximate surface area is 147 Å². The summed E-state index contributed by atoms with van der Waals surface area (Å²) in [5, 5.41) is 2.82. The molecule has 5 nitrogen and oxygen atoms in total. The number of amides is 1. The minimum Gasteiger partial charge on any atom is -0.323 e. The van der Waals surface area contributed by atoms with Crippen LogP contribution in [0, 0.1) is 0 Å². The predicted octanol–water partition coefficient (Wildman–Crippen LogP) is 3.20. The molecule has 1 amide bonds. The summed E-state index contributed by atoms with van der Waals surface area (Å²) in [5.41, 5.74) is 1.13. The molecule has 0 aliphatic heterocycles. The number of nitrogens with zero attached hydrogens (tertiary/aromatic N) is 1. The molecule has 0 aliphatic rings. The Hall–Kier alpha value is -1.99. The smallest absolute Gasteiger partial charge is 0.248 e. The van der Waals surface area contributed by atoms with E-state index < -0.39 is 16.1 Å². The average Bonchev–Trinajstić information content (AvgIpc) is 2.55.